The van der Waals surface area contributed by atoms with E-state index in [1.54, 1.807) is 4.57 Å². The van der Waals surface area contributed by atoms with Crippen LogP contribution in [0.15, 0.2) is 23.0 Å². The third-order valence-electron chi connectivity index (χ3n) is 7.93. The van der Waals surface area contributed by atoms with Gasteiger partial charge in [0.15, 0.2) is 5.79 Å². The molecule has 2 aromatic rings. The fourth-order valence-corrected chi connectivity index (χ4v) is 7.55. The van der Waals surface area contributed by atoms with Crippen LogP contribution in [0.1, 0.15) is 57.2 Å². The summed E-state index contributed by atoms with van der Waals surface area (Å²) in [6.45, 7) is 9.39. The molecule has 9 heteroatoms. The van der Waals surface area contributed by atoms with Crippen LogP contribution in [-0.4, -0.2) is 54.5 Å². The Labute approximate surface area is 226 Å². The molecule has 0 amide bonds. The zero-order valence-electron chi connectivity index (χ0n) is 22.7. The van der Waals surface area contributed by atoms with Crippen molar-refractivity contribution in [1.29, 1.82) is 0 Å². The molecule has 0 bridgehead atoms. The van der Waals surface area contributed by atoms with E-state index in [2.05, 4.69) is 31.0 Å². The van der Waals surface area contributed by atoms with Gasteiger partial charge in [-0.05, 0) is 49.9 Å². The minimum absolute atomic E-state index is 0.00336. The van der Waals surface area contributed by atoms with Gasteiger partial charge in [-0.25, -0.2) is 4.98 Å². The number of nitrogens with zero attached hydrogens (tertiary/aromatic N) is 2. The Kier molecular flexibility index (Phi) is 8.65. The minimum Gasteiger partial charge on any atom is -0.382 e. The number of rotatable bonds is 10. The van der Waals surface area contributed by atoms with E-state index in [0.717, 1.165) is 48.8 Å². The van der Waals surface area contributed by atoms with Gasteiger partial charge >= 0.3 is 0 Å². The smallest absolute Gasteiger partial charge is 0.263 e. The molecule has 1 aromatic heterocycles. The zero-order chi connectivity index (χ0) is 25.9. The molecule has 2 aliphatic carbocycles. The number of fused-ring (bicyclic) bond motifs is 1. The average molecular weight is 546 g/mol. The fraction of sp³-hybridized carbons (Fsp3) is 0.714. The van der Waals surface area contributed by atoms with E-state index < -0.39 is 8.07 Å². The highest BCUT2D eigenvalue weighted by Crippen LogP contribution is 2.40. The minimum atomic E-state index is -1.20. The van der Waals surface area contributed by atoms with Crippen molar-refractivity contribution >= 4 is 36.4 Å². The zero-order valence-corrected chi connectivity index (χ0v) is 24.5. The summed E-state index contributed by atoms with van der Waals surface area (Å²) in [6.07, 6.45) is 9.00. The number of benzene rings is 1. The Bertz CT molecular complexity index is 1110. The predicted molar refractivity (Wildman–Crippen MR) is 154 cm³/mol. The molecule has 1 spiro atoms. The van der Waals surface area contributed by atoms with E-state index >= 15 is 0 Å². The predicted octanol–water partition coefficient (Wildman–Crippen LogP) is 5.98. The molecular formula is C28H43N3O4SSi. The Balaban J connectivity index is 1.32. The molecule has 0 radical (unpaired) electrons. The Morgan fingerprint density at radius 1 is 1.14 bits per heavy atom. The topological polar surface area (TPSA) is 74.6 Å². The number of nitrogens with one attached hydrogen (secondary N) is 1. The molecule has 5 rings (SSSR count). The largest absolute Gasteiger partial charge is 0.382 e. The van der Waals surface area contributed by atoms with Crippen molar-refractivity contribution in [3.05, 3.63) is 34.4 Å². The monoisotopic (exact) mass is 545 g/mol. The van der Waals surface area contributed by atoms with Crippen molar-refractivity contribution in [1.82, 2.24) is 9.55 Å². The molecule has 37 heavy (non-hydrogen) atoms. The quantitative estimate of drug-likeness (QED) is 0.291. The molecule has 1 N–H and O–H groups in total. The van der Waals surface area contributed by atoms with E-state index in [4.69, 9.17) is 19.2 Å². The first kappa shape index (κ1) is 27.2. The number of hydrogen-bond acceptors (Lipinski definition) is 7. The van der Waals surface area contributed by atoms with Crippen molar-refractivity contribution in [3.63, 3.8) is 0 Å². The number of ether oxygens (including phenoxy) is 3. The van der Waals surface area contributed by atoms with Gasteiger partial charge in [-0.2, -0.15) is 11.8 Å². The lowest BCUT2D eigenvalue weighted by molar-refractivity contribution is -0.175. The van der Waals surface area contributed by atoms with E-state index in [9.17, 15) is 4.79 Å². The summed E-state index contributed by atoms with van der Waals surface area (Å²) in [5.74, 6) is 1.16. The van der Waals surface area contributed by atoms with Crippen molar-refractivity contribution in [3.8, 4) is 0 Å². The highest BCUT2D eigenvalue weighted by molar-refractivity contribution is 7.99. The number of anilines is 1. The molecule has 2 saturated carbocycles. The van der Waals surface area contributed by atoms with E-state index in [-0.39, 0.29) is 18.1 Å². The van der Waals surface area contributed by atoms with Gasteiger partial charge < -0.3 is 19.5 Å². The van der Waals surface area contributed by atoms with Crippen LogP contribution in [0.25, 0.3) is 10.9 Å². The molecule has 7 nitrogen and oxygen atoms in total. The highest BCUT2D eigenvalue weighted by Gasteiger charge is 2.40. The Morgan fingerprint density at radius 3 is 2.57 bits per heavy atom. The van der Waals surface area contributed by atoms with Gasteiger partial charge in [-0.1, -0.05) is 32.5 Å². The van der Waals surface area contributed by atoms with Gasteiger partial charge in [0.1, 0.15) is 12.6 Å². The van der Waals surface area contributed by atoms with Crippen molar-refractivity contribution in [2.24, 2.45) is 0 Å². The summed E-state index contributed by atoms with van der Waals surface area (Å²) in [5.41, 5.74) is 1.83. The van der Waals surface area contributed by atoms with Crippen LogP contribution in [0.4, 0.5) is 5.69 Å². The lowest BCUT2D eigenvalue weighted by atomic mass is 9.94. The maximum absolute atomic E-state index is 13.6. The van der Waals surface area contributed by atoms with Gasteiger partial charge in [0.05, 0.1) is 29.9 Å². The van der Waals surface area contributed by atoms with Gasteiger partial charge in [-0.3, -0.25) is 9.36 Å². The lowest BCUT2D eigenvalue weighted by Crippen LogP contribution is -2.36. The molecule has 1 aliphatic heterocycles. The maximum Gasteiger partial charge on any atom is 0.263 e. The standard InChI is InChI=1S/C28H43N3O4SSi/c1-37(2,3)17-16-33-20-31-26(19-36-23-10-12-28(13-11-23)34-14-15-35-28)30-25-18-22(8-9-24(25)27(31)32)29-21-6-4-5-7-21/h8-9,18,21,23,29H,4-7,10-17,19-20H2,1-3H3. The second-order valence-electron chi connectivity index (χ2n) is 12.1. The molecule has 1 aromatic carbocycles. The van der Waals surface area contributed by atoms with E-state index in [1.165, 1.54) is 25.7 Å². The van der Waals surface area contributed by atoms with Crippen LogP contribution in [0.2, 0.25) is 25.7 Å². The van der Waals surface area contributed by atoms with Crippen LogP contribution < -0.4 is 10.9 Å². The van der Waals surface area contributed by atoms with Crippen LogP contribution in [0, 0.1) is 0 Å². The molecule has 0 atom stereocenters. The van der Waals surface area contributed by atoms with Crippen molar-refractivity contribution in [2.45, 2.75) is 107 Å². The number of aromatic nitrogens is 2. The first-order valence-electron chi connectivity index (χ1n) is 14.1. The number of hydrogen-bond donors (Lipinski definition) is 1. The van der Waals surface area contributed by atoms with Crippen LogP contribution in [-0.2, 0) is 26.7 Å². The third kappa shape index (κ3) is 6.98. The first-order valence-corrected chi connectivity index (χ1v) is 18.8. The molecule has 3 fully saturated rings. The molecule has 204 valence electrons. The first-order chi connectivity index (χ1) is 17.8. The molecular weight excluding hydrogens is 502 g/mol. The summed E-state index contributed by atoms with van der Waals surface area (Å²) in [4.78, 5) is 18.6. The summed E-state index contributed by atoms with van der Waals surface area (Å²) in [7, 11) is -1.20. The van der Waals surface area contributed by atoms with Gasteiger partial charge in [0.2, 0.25) is 0 Å². The molecule has 1 saturated heterocycles. The Hall–Kier alpha value is -1.39. The number of thioether (sulfide) groups is 1. The lowest BCUT2D eigenvalue weighted by Gasteiger charge is -2.35. The maximum atomic E-state index is 13.6. The van der Waals surface area contributed by atoms with Crippen molar-refractivity contribution in [2.75, 3.05) is 25.1 Å². The fourth-order valence-electron chi connectivity index (χ4n) is 5.62. The average Bonchev–Trinajstić information content (AvgIpc) is 3.55. The van der Waals surface area contributed by atoms with E-state index in [0.29, 0.717) is 42.3 Å². The van der Waals surface area contributed by atoms with Crippen LogP contribution >= 0.6 is 11.8 Å². The summed E-state index contributed by atoms with van der Waals surface area (Å²) < 4.78 is 19.6. The van der Waals surface area contributed by atoms with Gasteiger partial charge in [0.25, 0.3) is 5.56 Å². The van der Waals surface area contributed by atoms with Gasteiger partial charge in [0, 0.05) is 44.5 Å². The summed E-state index contributed by atoms with van der Waals surface area (Å²) >= 11 is 1.90. The van der Waals surface area contributed by atoms with E-state index in [1.807, 2.05) is 23.9 Å². The Morgan fingerprint density at radius 2 is 1.86 bits per heavy atom. The van der Waals surface area contributed by atoms with Crippen LogP contribution in [0.5, 0.6) is 0 Å². The summed E-state index contributed by atoms with van der Waals surface area (Å²) in [5, 5.41) is 4.83. The van der Waals surface area contributed by atoms with Crippen molar-refractivity contribution < 1.29 is 14.2 Å². The molecule has 0 unspecified atom stereocenters. The second-order valence-corrected chi connectivity index (χ2v) is 19.0. The highest BCUT2D eigenvalue weighted by atomic mass is 32.2. The molecule has 3 aliphatic rings. The SMILES string of the molecule is C[Si](C)(C)CCOCn1c(CSC2CCC3(CC2)OCCO3)nc2cc(NC3CCCC3)ccc2c1=O. The van der Waals surface area contributed by atoms with Gasteiger partial charge in [-0.15, -0.1) is 0 Å². The molecule has 2 heterocycles. The third-order valence-corrected chi connectivity index (χ3v) is 11.0. The summed E-state index contributed by atoms with van der Waals surface area (Å²) in [6, 6.07) is 7.62. The second kappa shape index (κ2) is 11.8. The normalized spacial score (nSPS) is 20.8. The van der Waals surface area contributed by atoms with Crippen LogP contribution in [0.3, 0.4) is 0 Å².